The van der Waals surface area contributed by atoms with Crippen LogP contribution in [0.5, 0.6) is 0 Å². The number of ether oxygens (including phenoxy) is 1. The highest BCUT2D eigenvalue weighted by atomic mass is 79.9. The zero-order chi connectivity index (χ0) is 24.0. The predicted octanol–water partition coefficient (Wildman–Crippen LogP) is 3.32. The molecule has 8 heteroatoms. The summed E-state index contributed by atoms with van der Waals surface area (Å²) in [4.78, 5) is 24.9. The van der Waals surface area contributed by atoms with Gasteiger partial charge in [-0.2, -0.15) is 0 Å². The van der Waals surface area contributed by atoms with Gasteiger partial charge in [-0.05, 0) is 64.3 Å². The number of aryl methyl sites for hydroxylation is 2. The number of carbonyl (C=O) groups excluding carboxylic acids is 2. The van der Waals surface area contributed by atoms with Crippen LogP contribution in [-0.2, 0) is 14.3 Å². The van der Waals surface area contributed by atoms with Crippen LogP contribution in [0, 0.1) is 26.2 Å². The average molecular weight is 499 g/mol. The van der Waals surface area contributed by atoms with Gasteiger partial charge in [0, 0.05) is 22.0 Å². The second kappa shape index (κ2) is 11.4. The van der Waals surface area contributed by atoms with Gasteiger partial charge in [-0.25, -0.2) is 0 Å². The summed E-state index contributed by atoms with van der Waals surface area (Å²) in [7, 11) is 0. The predicted molar refractivity (Wildman–Crippen MR) is 130 cm³/mol. The van der Waals surface area contributed by atoms with E-state index in [2.05, 4.69) is 26.6 Å². The van der Waals surface area contributed by atoms with E-state index >= 15 is 0 Å². The summed E-state index contributed by atoms with van der Waals surface area (Å²) in [5, 5.41) is 5.86. The molecule has 1 aromatic carbocycles. The number of halogens is 1. The molecule has 0 bridgehead atoms. The fourth-order valence-electron chi connectivity index (χ4n) is 3.08. The van der Waals surface area contributed by atoms with Crippen LogP contribution in [0.2, 0.25) is 0 Å². The zero-order valence-corrected chi connectivity index (χ0v) is 21.5. The second-order valence-corrected chi connectivity index (χ2v) is 10.5. The lowest BCUT2D eigenvalue weighted by Crippen LogP contribution is -2.53. The normalized spacial score (nSPS) is 13.1. The minimum Gasteiger partial charge on any atom is -0.378 e. The van der Waals surface area contributed by atoms with Crippen molar-refractivity contribution in [1.29, 1.82) is 0 Å². The smallest absolute Gasteiger partial charge is 0.237 e. The van der Waals surface area contributed by atoms with Gasteiger partial charge in [-0.15, -0.1) is 0 Å². The number of benzene rings is 1. The second-order valence-electron chi connectivity index (χ2n) is 9.75. The standard InChI is InChI=1S/C23H39BrN4O3/c1-14-10-15(2)20(16(3)19(14)24)27-18(29)9-8-17(26)21(30)28-23(6,7)13-31-12-22(4,5)11-25/h10,17H,8-9,11-13,25-26H2,1-7H3,(H,27,29)(H,28,30). The monoisotopic (exact) mass is 498 g/mol. The van der Waals surface area contributed by atoms with Crippen molar-refractivity contribution < 1.29 is 14.3 Å². The molecule has 0 spiro atoms. The van der Waals surface area contributed by atoms with Crippen molar-refractivity contribution >= 4 is 33.4 Å². The third kappa shape index (κ3) is 8.88. The largest absolute Gasteiger partial charge is 0.378 e. The summed E-state index contributed by atoms with van der Waals surface area (Å²) in [5.74, 6) is -0.471. The van der Waals surface area contributed by atoms with E-state index in [1.54, 1.807) is 0 Å². The summed E-state index contributed by atoms with van der Waals surface area (Å²) in [6.07, 6.45) is 0.403. The van der Waals surface area contributed by atoms with Crippen molar-refractivity contribution in [3.8, 4) is 0 Å². The Morgan fingerprint density at radius 1 is 1.13 bits per heavy atom. The molecule has 1 atom stereocenters. The Bertz CT molecular complexity index is 794. The summed E-state index contributed by atoms with van der Waals surface area (Å²) >= 11 is 3.56. The number of nitrogens with two attached hydrogens (primary N) is 2. The van der Waals surface area contributed by atoms with E-state index in [9.17, 15) is 9.59 Å². The van der Waals surface area contributed by atoms with Crippen LogP contribution in [0.25, 0.3) is 0 Å². The maximum atomic E-state index is 12.5. The SMILES string of the molecule is Cc1cc(C)c(NC(=O)CCC(N)C(=O)NC(C)(C)COCC(C)(C)CN)c(C)c1Br. The average Bonchev–Trinajstić information content (AvgIpc) is 2.66. The van der Waals surface area contributed by atoms with Gasteiger partial charge < -0.3 is 26.8 Å². The van der Waals surface area contributed by atoms with Gasteiger partial charge in [0.05, 0.1) is 24.8 Å². The van der Waals surface area contributed by atoms with Crippen molar-refractivity contribution in [3.63, 3.8) is 0 Å². The molecule has 1 aromatic rings. The topological polar surface area (TPSA) is 119 Å². The van der Waals surface area contributed by atoms with Crippen LogP contribution < -0.4 is 22.1 Å². The van der Waals surface area contributed by atoms with Crippen molar-refractivity contribution in [3.05, 3.63) is 27.2 Å². The number of carbonyl (C=O) groups is 2. The van der Waals surface area contributed by atoms with Crippen LogP contribution in [0.15, 0.2) is 10.5 Å². The first-order valence-corrected chi connectivity index (χ1v) is 11.4. The molecule has 2 amide bonds. The molecule has 1 rings (SSSR count). The summed E-state index contributed by atoms with van der Waals surface area (Å²) in [6, 6.07) is 1.24. The van der Waals surface area contributed by atoms with E-state index in [0.29, 0.717) is 19.8 Å². The Morgan fingerprint density at radius 3 is 2.32 bits per heavy atom. The van der Waals surface area contributed by atoms with E-state index in [1.807, 2.05) is 54.5 Å². The van der Waals surface area contributed by atoms with E-state index in [-0.39, 0.29) is 30.1 Å². The highest BCUT2D eigenvalue weighted by Gasteiger charge is 2.26. The molecule has 0 fully saturated rings. The van der Waals surface area contributed by atoms with E-state index in [0.717, 1.165) is 26.9 Å². The molecule has 1 unspecified atom stereocenters. The first kappa shape index (κ1) is 27.6. The molecular weight excluding hydrogens is 460 g/mol. The Labute approximate surface area is 195 Å². The lowest BCUT2D eigenvalue weighted by molar-refractivity contribution is -0.125. The Kier molecular flexibility index (Phi) is 10.1. The molecule has 176 valence electrons. The zero-order valence-electron chi connectivity index (χ0n) is 19.9. The Hall–Kier alpha value is -1.48. The third-order valence-corrected chi connectivity index (χ3v) is 6.35. The van der Waals surface area contributed by atoms with Crippen LogP contribution in [0.3, 0.4) is 0 Å². The summed E-state index contributed by atoms with van der Waals surface area (Å²) < 4.78 is 6.71. The fraction of sp³-hybridized carbons (Fsp3) is 0.652. The molecule has 0 heterocycles. The lowest BCUT2D eigenvalue weighted by atomic mass is 9.95. The fourth-order valence-corrected chi connectivity index (χ4v) is 3.39. The quantitative estimate of drug-likeness (QED) is 0.373. The van der Waals surface area contributed by atoms with E-state index < -0.39 is 11.6 Å². The van der Waals surface area contributed by atoms with Gasteiger partial charge in [0.25, 0.3) is 0 Å². The highest BCUT2D eigenvalue weighted by Crippen LogP contribution is 2.31. The molecule has 0 saturated heterocycles. The molecule has 0 radical (unpaired) electrons. The number of rotatable bonds is 11. The van der Waals surface area contributed by atoms with E-state index in [1.165, 1.54) is 0 Å². The van der Waals surface area contributed by atoms with Gasteiger partial charge in [0.2, 0.25) is 11.8 Å². The number of hydrogen-bond donors (Lipinski definition) is 4. The van der Waals surface area contributed by atoms with Gasteiger partial charge >= 0.3 is 0 Å². The minimum absolute atomic E-state index is 0.117. The van der Waals surface area contributed by atoms with Crippen molar-refractivity contribution in [2.24, 2.45) is 16.9 Å². The van der Waals surface area contributed by atoms with Crippen molar-refractivity contribution in [2.45, 2.75) is 72.9 Å². The maximum Gasteiger partial charge on any atom is 0.237 e. The molecular formula is C23H39BrN4O3. The van der Waals surface area contributed by atoms with Gasteiger partial charge in [0.1, 0.15) is 0 Å². The Morgan fingerprint density at radius 2 is 1.74 bits per heavy atom. The summed E-state index contributed by atoms with van der Waals surface area (Å²) in [6.45, 7) is 15.1. The number of hydrogen-bond acceptors (Lipinski definition) is 5. The molecule has 31 heavy (non-hydrogen) atoms. The highest BCUT2D eigenvalue weighted by molar-refractivity contribution is 9.10. The van der Waals surface area contributed by atoms with Crippen molar-refractivity contribution in [1.82, 2.24) is 5.32 Å². The molecule has 0 saturated carbocycles. The Balaban J connectivity index is 2.54. The number of anilines is 1. The minimum atomic E-state index is -0.780. The first-order valence-electron chi connectivity index (χ1n) is 10.6. The third-order valence-electron chi connectivity index (χ3n) is 5.13. The van der Waals surface area contributed by atoms with E-state index in [4.69, 9.17) is 16.2 Å². The molecule has 7 nitrogen and oxygen atoms in total. The number of amides is 2. The molecule has 0 aliphatic heterocycles. The van der Waals surface area contributed by atoms with Crippen LogP contribution in [0.4, 0.5) is 5.69 Å². The molecule has 6 N–H and O–H groups in total. The van der Waals surface area contributed by atoms with Gasteiger partial charge in [-0.1, -0.05) is 35.8 Å². The molecule has 0 aromatic heterocycles. The summed E-state index contributed by atoms with van der Waals surface area (Å²) in [5.41, 5.74) is 14.9. The number of nitrogens with one attached hydrogen (secondary N) is 2. The first-order chi connectivity index (χ1) is 14.2. The maximum absolute atomic E-state index is 12.5. The van der Waals surface area contributed by atoms with Gasteiger partial charge in [0.15, 0.2) is 0 Å². The van der Waals surface area contributed by atoms with Crippen LogP contribution in [0.1, 0.15) is 57.2 Å². The van der Waals surface area contributed by atoms with Crippen molar-refractivity contribution in [2.75, 3.05) is 25.1 Å². The van der Waals surface area contributed by atoms with Gasteiger partial charge in [-0.3, -0.25) is 9.59 Å². The van der Waals surface area contributed by atoms with Crippen LogP contribution in [-0.4, -0.2) is 43.2 Å². The molecule has 0 aliphatic carbocycles. The lowest BCUT2D eigenvalue weighted by Gasteiger charge is -2.30. The molecule has 0 aliphatic rings. The van der Waals surface area contributed by atoms with Crippen LogP contribution >= 0.6 is 15.9 Å².